The first-order valence-electron chi connectivity index (χ1n) is 24.3. The number of ether oxygens (including phenoxy) is 3. The van der Waals surface area contributed by atoms with E-state index in [9.17, 15) is 14.4 Å². The molecule has 0 aromatic rings. The maximum atomic E-state index is 12.7. The normalized spacial score (nSPS) is 12.5. The molecule has 0 aliphatic carbocycles. The van der Waals surface area contributed by atoms with Crippen LogP contribution in [-0.2, 0) is 28.6 Å². The lowest BCUT2D eigenvalue weighted by molar-refractivity contribution is -0.167. The van der Waals surface area contributed by atoms with E-state index in [0.717, 1.165) is 77.0 Å². The second kappa shape index (κ2) is 46.8. The van der Waals surface area contributed by atoms with E-state index in [1.807, 2.05) is 0 Å². The molecule has 0 N–H and O–H groups in total. The van der Waals surface area contributed by atoms with Crippen LogP contribution in [0.15, 0.2) is 60.8 Å². The van der Waals surface area contributed by atoms with Gasteiger partial charge in [-0.25, -0.2) is 0 Å². The fourth-order valence-corrected chi connectivity index (χ4v) is 6.62. The molecular formula is C52H90O6. The molecule has 0 saturated carbocycles. The number of rotatable bonds is 43. The van der Waals surface area contributed by atoms with E-state index in [4.69, 9.17) is 14.2 Å². The summed E-state index contributed by atoms with van der Waals surface area (Å²) in [6, 6.07) is 0. The Kier molecular flexibility index (Phi) is 44.5. The zero-order chi connectivity index (χ0) is 42.3. The molecule has 0 bridgehead atoms. The molecule has 6 nitrogen and oxygen atoms in total. The van der Waals surface area contributed by atoms with E-state index in [-0.39, 0.29) is 37.5 Å². The lowest BCUT2D eigenvalue weighted by atomic mass is 10.0. The largest absolute Gasteiger partial charge is 0.462 e. The molecule has 58 heavy (non-hydrogen) atoms. The van der Waals surface area contributed by atoms with Crippen molar-refractivity contribution < 1.29 is 28.6 Å². The molecule has 0 radical (unpaired) electrons. The van der Waals surface area contributed by atoms with E-state index >= 15 is 0 Å². The van der Waals surface area contributed by atoms with Crippen LogP contribution in [0.1, 0.15) is 233 Å². The van der Waals surface area contributed by atoms with E-state index in [1.54, 1.807) is 0 Å². The summed E-state index contributed by atoms with van der Waals surface area (Å²) in [4.78, 5) is 37.7. The predicted octanol–water partition coefficient (Wildman–Crippen LogP) is 15.7. The van der Waals surface area contributed by atoms with Crippen molar-refractivity contribution in [1.82, 2.24) is 0 Å². The van der Waals surface area contributed by atoms with E-state index in [1.165, 1.54) is 109 Å². The van der Waals surface area contributed by atoms with E-state index in [0.29, 0.717) is 19.3 Å². The fourth-order valence-electron chi connectivity index (χ4n) is 6.62. The topological polar surface area (TPSA) is 78.9 Å². The summed E-state index contributed by atoms with van der Waals surface area (Å²) >= 11 is 0. The van der Waals surface area contributed by atoms with E-state index in [2.05, 4.69) is 81.5 Å². The van der Waals surface area contributed by atoms with Gasteiger partial charge >= 0.3 is 17.9 Å². The highest BCUT2D eigenvalue weighted by atomic mass is 16.6. The molecule has 0 fully saturated rings. The standard InChI is InChI=1S/C52H90O6/c1-4-7-10-13-16-19-22-23-24-25-26-27-28-31-33-36-39-42-45-51(54)57-48-49(58-52(55)46-43-40-37-34-30-21-18-15-12-9-6-3)47-56-50(53)44-41-38-35-32-29-20-17-14-11-8-5-2/h9,12,14,17-18,20-21,29,34,37,49H,4-8,10-11,13,15-16,19,22-28,30-33,35-36,38-48H2,1-3H3/b12-9-,17-14-,21-18-,29-20-,37-34-. The molecule has 0 heterocycles. The highest BCUT2D eigenvalue weighted by Gasteiger charge is 2.19. The molecule has 1 unspecified atom stereocenters. The van der Waals surface area contributed by atoms with Crippen molar-refractivity contribution in [3.63, 3.8) is 0 Å². The minimum absolute atomic E-state index is 0.101. The van der Waals surface area contributed by atoms with Gasteiger partial charge in [-0.1, -0.05) is 210 Å². The zero-order valence-electron chi connectivity index (χ0n) is 38.0. The van der Waals surface area contributed by atoms with Crippen molar-refractivity contribution in [2.45, 2.75) is 239 Å². The predicted molar refractivity (Wildman–Crippen MR) is 247 cm³/mol. The second-order valence-corrected chi connectivity index (χ2v) is 16.0. The Hall–Kier alpha value is -2.89. The smallest absolute Gasteiger partial charge is 0.306 e. The highest BCUT2D eigenvalue weighted by Crippen LogP contribution is 2.15. The molecule has 0 aliphatic rings. The van der Waals surface area contributed by atoms with Gasteiger partial charge in [0.15, 0.2) is 6.10 Å². The summed E-state index contributed by atoms with van der Waals surface area (Å²) in [5.74, 6) is -0.985. The third kappa shape index (κ3) is 44.2. The van der Waals surface area contributed by atoms with Crippen molar-refractivity contribution in [2.24, 2.45) is 0 Å². The zero-order valence-corrected chi connectivity index (χ0v) is 38.0. The lowest BCUT2D eigenvalue weighted by Gasteiger charge is -2.18. The molecular weight excluding hydrogens is 721 g/mol. The van der Waals surface area contributed by atoms with Crippen LogP contribution in [0, 0.1) is 0 Å². The fraction of sp³-hybridized carbons (Fsp3) is 0.750. The number of carbonyl (C=O) groups excluding carboxylic acids is 3. The Morgan fingerprint density at radius 2 is 0.759 bits per heavy atom. The maximum absolute atomic E-state index is 12.7. The number of hydrogen-bond donors (Lipinski definition) is 0. The SMILES string of the molecule is CC/C=C\C/C=C\C/C=C\CCCC(=O)OC(COC(=O)CCCCC/C=C\C=C/CCCC)COC(=O)CCCCCCCCCCCCCCCCCCCC. The molecule has 0 spiro atoms. The van der Waals surface area contributed by atoms with Gasteiger partial charge in [0.2, 0.25) is 0 Å². The van der Waals surface area contributed by atoms with Gasteiger partial charge in [0.25, 0.3) is 0 Å². The summed E-state index contributed by atoms with van der Waals surface area (Å²) in [6.07, 6.45) is 56.5. The van der Waals surface area contributed by atoms with Gasteiger partial charge in [0, 0.05) is 19.3 Å². The summed E-state index contributed by atoms with van der Waals surface area (Å²) in [7, 11) is 0. The number of carbonyl (C=O) groups is 3. The van der Waals surface area contributed by atoms with Gasteiger partial charge in [-0.15, -0.1) is 0 Å². The Bertz CT molecular complexity index is 1070. The van der Waals surface area contributed by atoms with Crippen LogP contribution in [0.3, 0.4) is 0 Å². The summed E-state index contributed by atoms with van der Waals surface area (Å²) in [5.41, 5.74) is 0. The van der Waals surface area contributed by atoms with Crippen molar-refractivity contribution in [3.8, 4) is 0 Å². The third-order valence-electron chi connectivity index (χ3n) is 10.3. The number of esters is 3. The lowest BCUT2D eigenvalue weighted by Crippen LogP contribution is -2.30. The quantitative estimate of drug-likeness (QED) is 0.0201. The van der Waals surface area contributed by atoms with Gasteiger partial charge in [0.05, 0.1) is 0 Å². The van der Waals surface area contributed by atoms with Crippen molar-refractivity contribution >= 4 is 17.9 Å². The Morgan fingerprint density at radius 1 is 0.379 bits per heavy atom. The van der Waals surface area contributed by atoms with Crippen LogP contribution >= 0.6 is 0 Å². The average molecular weight is 811 g/mol. The van der Waals surface area contributed by atoms with E-state index < -0.39 is 6.10 Å². The molecule has 0 saturated heterocycles. The first-order chi connectivity index (χ1) is 28.5. The first-order valence-corrected chi connectivity index (χ1v) is 24.3. The molecule has 0 amide bonds. The van der Waals surface area contributed by atoms with Gasteiger partial charge in [0.1, 0.15) is 13.2 Å². The minimum Gasteiger partial charge on any atom is -0.462 e. The molecule has 0 aliphatic heterocycles. The molecule has 1 atom stereocenters. The number of unbranched alkanes of at least 4 members (excludes halogenated alkanes) is 23. The summed E-state index contributed by atoms with van der Waals surface area (Å²) in [5, 5.41) is 0. The Morgan fingerprint density at radius 3 is 1.24 bits per heavy atom. The third-order valence-corrected chi connectivity index (χ3v) is 10.3. The van der Waals surface area contributed by atoms with Crippen molar-refractivity contribution in [2.75, 3.05) is 13.2 Å². The van der Waals surface area contributed by atoms with Crippen LogP contribution in [0.4, 0.5) is 0 Å². The molecule has 0 rings (SSSR count). The number of allylic oxidation sites excluding steroid dienone is 10. The summed E-state index contributed by atoms with van der Waals surface area (Å²) in [6.45, 7) is 6.40. The Balaban J connectivity index is 4.36. The molecule has 0 aromatic carbocycles. The van der Waals surface area contributed by atoms with Crippen LogP contribution in [0.5, 0.6) is 0 Å². The Labute approximate surface area is 358 Å². The highest BCUT2D eigenvalue weighted by molar-refractivity contribution is 5.71. The van der Waals surface area contributed by atoms with Gasteiger partial charge in [-0.05, 0) is 64.2 Å². The molecule has 6 heteroatoms. The van der Waals surface area contributed by atoms with Crippen LogP contribution in [-0.4, -0.2) is 37.2 Å². The van der Waals surface area contributed by atoms with Gasteiger partial charge in [-0.2, -0.15) is 0 Å². The van der Waals surface area contributed by atoms with Crippen LogP contribution < -0.4 is 0 Å². The molecule has 334 valence electrons. The first kappa shape index (κ1) is 55.1. The van der Waals surface area contributed by atoms with Crippen LogP contribution in [0.2, 0.25) is 0 Å². The monoisotopic (exact) mass is 811 g/mol. The number of hydrogen-bond acceptors (Lipinski definition) is 6. The maximum Gasteiger partial charge on any atom is 0.306 e. The minimum atomic E-state index is -0.807. The van der Waals surface area contributed by atoms with Gasteiger partial charge < -0.3 is 14.2 Å². The summed E-state index contributed by atoms with van der Waals surface area (Å²) < 4.78 is 16.7. The van der Waals surface area contributed by atoms with Crippen LogP contribution in [0.25, 0.3) is 0 Å². The molecule has 0 aromatic heterocycles. The second-order valence-electron chi connectivity index (χ2n) is 16.0. The average Bonchev–Trinajstić information content (AvgIpc) is 3.22. The van der Waals surface area contributed by atoms with Gasteiger partial charge in [-0.3, -0.25) is 14.4 Å². The van der Waals surface area contributed by atoms with Crippen molar-refractivity contribution in [1.29, 1.82) is 0 Å². The van der Waals surface area contributed by atoms with Crippen molar-refractivity contribution in [3.05, 3.63) is 60.8 Å².